The van der Waals surface area contributed by atoms with Crippen molar-refractivity contribution in [3.05, 3.63) is 148 Å². The number of ether oxygens (including phenoxy) is 5. The Morgan fingerprint density at radius 1 is 0.901 bits per heavy atom. The molecule has 4 fully saturated rings. The molecule has 1 N–H and O–H groups in total. The molecule has 16 heteroatoms. The molecule has 5 aliphatic rings. The fraction of sp³-hybridized carbons (Fsp3) is 0.418. The summed E-state index contributed by atoms with van der Waals surface area (Å²) in [5.41, 5.74) is 3.56. The highest BCUT2D eigenvalue weighted by molar-refractivity contribution is 7.91. The van der Waals surface area contributed by atoms with Crippen molar-refractivity contribution in [2.75, 3.05) is 44.3 Å². The molecule has 11 rings (SSSR count). The summed E-state index contributed by atoms with van der Waals surface area (Å²) in [6.45, 7) is 6.80. The lowest BCUT2D eigenvalue weighted by Crippen LogP contribution is -2.55. The maximum Gasteiger partial charge on any atom is 0.410 e. The van der Waals surface area contributed by atoms with Gasteiger partial charge in [-0.1, -0.05) is 90.5 Å². The summed E-state index contributed by atoms with van der Waals surface area (Å²) >= 11 is 0. The Morgan fingerprint density at radius 3 is 2.41 bits per heavy atom. The minimum Gasteiger partial charge on any atom is -0.445 e. The van der Waals surface area contributed by atoms with Gasteiger partial charge < -0.3 is 38.5 Å². The molecular weight excluding hydrogens is 921 g/mol. The number of aromatic nitrogens is 4. The van der Waals surface area contributed by atoms with E-state index in [9.17, 15) is 18.0 Å². The molecule has 1 saturated carbocycles. The molecule has 6 heterocycles. The van der Waals surface area contributed by atoms with Gasteiger partial charge >= 0.3 is 6.09 Å². The molecule has 3 aromatic heterocycles. The first-order valence-electron chi connectivity index (χ1n) is 25.0. The summed E-state index contributed by atoms with van der Waals surface area (Å²) in [5, 5.41) is 1.22. The van der Waals surface area contributed by atoms with Crippen molar-refractivity contribution in [2.45, 2.75) is 107 Å². The monoisotopic (exact) mass is 980 g/mol. The number of hydrogen-bond donors (Lipinski definition) is 1. The second-order valence-electron chi connectivity index (χ2n) is 19.7. The van der Waals surface area contributed by atoms with Crippen LogP contribution in [0.5, 0.6) is 0 Å². The van der Waals surface area contributed by atoms with Crippen molar-refractivity contribution in [3.63, 3.8) is 0 Å². The fourth-order valence-corrected chi connectivity index (χ4v) is 12.2. The summed E-state index contributed by atoms with van der Waals surface area (Å²) in [4.78, 5) is 44.0. The van der Waals surface area contributed by atoms with E-state index in [-0.39, 0.29) is 49.6 Å². The maximum atomic E-state index is 14.5. The number of carbonyl (C=O) groups excluding carboxylic acids is 1. The van der Waals surface area contributed by atoms with Gasteiger partial charge in [-0.05, 0) is 100 Å². The number of hydrogen-bond acceptors (Lipinski definition) is 12. The van der Waals surface area contributed by atoms with Crippen molar-refractivity contribution in [1.29, 1.82) is 0 Å². The van der Waals surface area contributed by atoms with E-state index in [0.29, 0.717) is 66.5 Å². The number of carbonyl (C=O) groups is 1. The van der Waals surface area contributed by atoms with Gasteiger partial charge in [-0.3, -0.25) is 4.79 Å². The third-order valence-electron chi connectivity index (χ3n) is 14.9. The van der Waals surface area contributed by atoms with E-state index in [1.54, 1.807) is 24.1 Å². The summed E-state index contributed by atoms with van der Waals surface area (Å²) in [6.07, 6.45) is 14.1. The SMILES string of the molecule is CC1=CC=CCC1(C)S(=O)(=O)n1ccc2c(-c3ccc4nc(N5CC(OC6CCN(C(=O)OCc7ccccc7)CC6)C5)nc([C@@](COC5CCCCO5)(OC5CC5)c5ccccc5)c4c3)c[nH]c(=O)c21. The molecule has 2 unspecified atom stereocenters. The molecule has 0 bridgehead atoms. The van der Waals surface area contributed by atoms with Crippen LogP contribution >= 0.6 is 0 Å². The van der Waals surface area contributed by atoms with E-state index < -0.39 is 32.2 Å². The Kier molecular flexibility index (Phi) is 12.9. The Hall–Kier alpha value is -6.17. The molecule has 3 atom stereocenters. The third kappa shape index (κ3) is 9.20. The first-order chi connectivity index (χ1) is 34.5. The number of nitrogens with zero attached hydrogens (tertiary/aromatic N) is 5. The standard InChI is InChI=1S/C55H60N6O9S/c1-37-13-9-11-26-54(37,2)71(64,65)61-29-25-44-46(32-56-51(62)49(44)61)39-19-22-47-45(31-39)50(55(70-42-20-21-42,40-16-7-4-8-17-40)36-68-48-18-10-12-30-66-48)58-52(57-47)60-33-43(34-60)69-41-23-27-59(28-24-41)53(63)67-35-38-14-5-3-6-15-38/h3-9,11,13-17,19,22,25,29,31-32,41-43,48H,10,12,18,20-21,23-24,26-28,30,33-36H2,1-2H3,(H,56,62)/t48?,54?,55-/m0/s1. The number of amides is 1. The van der Waals surface area contributed by atoms with Crippen LogP contribution in [-0.2, 0) is 45.9 Å². The van der Waals surface area contributed by atoms with Crippen LogP contribution in [0, 0.1) is 0 Å². The molecule has 15 nitrogen and oxygen atoms in total. The minimum absolute atomic E-state index is 0.00789. The van der Waals surface area contributed by atoms with Crippen LogP contribution in [0.4, 0.5) is 10.7 Å². The van der Waals surface area contributed by atoms with Gasteiger partial charge in [-0.15, -0.1) is 0 Å². The maximum absolute atomic E-state index is 14.5. The lowest BCUT2D eigenvalue weighted by molar-refractivity contribution is -0.197. The normalized spacial score (nSPS) is 22.1. The van der Waals surface area contributed by atoms with Gasteiger partial charge in [-0.2, -0.15) is 0 Å². The van der Waals surface area contributed by atoms with Gasteiger partial charge in [0.05, 0.1) is 36.1 Å². The molecule has 2 aliphatic carbocycles. The van der Waals surface area contributed by atoms with Crippen LogP contribution in [-0.4, -0.2) is 107 Å². The van der Waals surface area contributed by atoms with Crippen molar-refractivity contribution in [1.82, 2.24) is 23.8 Å². The number of allylic oxidation sites excluding steroid dienone is 3. The van der Waals surface area contributed by atoms with Crippen molar-refractivity contribution >= 4 is 43.9 Å². The summed E-state index contributed by atoms with van der Waals surface area (Å²) < 4.78 is 61.3. The van der Waals surface area contributed by atoms with E-state index in [2.05, 4.69) is 22.0 Å². The highest BCUT2D eigenvalue weighted by Gasteiger charge is 2.46. The smallest absolute Gasteiger partial charge is 0.410 e. The fourth-order valence-electron chi connectivity index (χ4n) is 10.3. The number of nitrogens with one attached hydrogen (secondary N) is 1. The van der Waals surface area contributed by atoms with Gasteiger partial charge in [-0.25, -0.2) is 27.2 Å². The second kappa shape index (κ2) is 19.4. The molecule has 71 heavy (non-hydrogen) atoms. The highest BCUT2D eigenvalue weighted by atomic mass is 32.2. The lowest BCUT2D eigenvalue weighted by atomic mass is 9.87. The number of rotatable bonds is 15. The number of H-pyrrole nitrogens is 1. The molecule has 3 saturated heterocycles. The van der Waals surface area contributed by atoms with Gasteiger partial charge in [0.1, 0.15) is 16.9 Å². The van der Waals surface area contributed by atoms with Crippen LogP contribution in [0.15, 0.2) is 126 Å². The van der Waals surface area contributed by atoms with E-state index >= 15 is 0 Å². The highest BCUT2D eigenvalue weighted by Crippen LogP contribution is 2.45. The molecule has 6 aromatic rings. The van der Waals surface area contributed by atoms with Gasteiger partial charge in [0, 0.05) is 61.5 Å². The minimum atomic E-state index is -4.08. The van der Waals surface area contributed by atoms with Crippen molar-refractivity contribution < 1.29 is 36.9 Å². The van der Waals surface area contributed by atoms with Crippen molar-refractivity contribution in [2.24, 2.45) is 0 Å². The summed E-state index contributed by atoms with van der Waals surface area (Å²) in [7, 11) is -4.08. The van der Waals surface area contributed by atoms with Crippen molar-refractivity contribution in [3.8, 4) is 11.1 Å². The molecule has 3 aromatic carbocycles. The molecule has 0 spiro atoms. The van der Waals surface area contributed by atoms with Crippen LogP contribution < -0.4 is 10.5 Å². The van der Waals surface area contributed by atoms with Crippen LogP contribution in [0.1, 0.15) is 82.0 Å². The number of fused-ring (bicyclic) bond motifs is 2. The first-order valence-corrected chi connectivity index (χ1v) is 26.4. The number of aromatic amines is 1. The van der Waals surface area contributed by atoms with Gasteiger partial charge in [0.15, 0.2) is 11.9 Å². The molecule has 3 aliphatic heterocycles. The number of pyridine rings is 1. The van der Waals surface area contributed by atoms with Crippen LogP contribution in [0.2, 0.25) is 0 Å². The molecular formula is C55H60N6O9S. The Balaban J connectivity index is 0.930. The Morgan fingerprint density at radius 2 is 1.68 bits per heavy atom. The first kappa shape index (κ1) is 47.2. The van der Waals surface area contributed by atoms with Crippen LogP contribution in [0.3, 0.4) is 0 Å². The Labute approximate surface area is 413 Å². The number of benzene rings is 3. The molecule has 370 valence electrons. The van der Waals surface area contributed by atoms with Crippen LogP contribution in [0.25, 0.3) is 32.9 Å². The number of likely N-dealkylation sites (tertiary alicyclic amines) is 1. The number of piperidine rings is 1. The van der Waals surface area contributed by atoms with E-state index in [0.717, 1.165) is 71.0 Å². The van der Waals surface area contributed by atoms with Gasteiger partial charge in [0.25, 0.3) is 5.56 Å². The zero-order valence-electron chi connectivity index (χ0n) is 40.2. The number of anilines is 1. The zero-order chi connectivity index (χ0) is 48.7. The zero-order valence-corrected chi connectivity index (χ0v) is 41.0. The lowest BCUT2D eigenvalue weighted by Gasteiger charge is -2.43. The third-order valence-corrected chi connectivity index (χ3v) is 17.3. The predicted octanol–water partition coefficient (Wildman–Crippen LogP) is 8.75. The average molecular weight is 981 g/mol. The average Bonchev–Trinajstić information content (AvgIpc) is 4.09. The summed E-state index contributed by atoms with van der Waals surface area (Å²) in [6, 6.07) is 27.4. The quantitative estimate of drug-likeness (QED) is 0.104. The predicted molar refractivity (Wildman–Crippen MR) is 271 cm³/mol. The summed E-state index contributed by atoms with van der Waals surface area (Å²) in [5.74, 6) is 0.536. The largest absolute Gasteiger partial charge is 0.445 e. The van der Waals surface area contributed by atoms with E-state index in [1.807, 2.05) is 91.9 Å². The van der Waals surface area contributed by atoms with E-state index in [4.69, 9.17) is 33.7 Å². The topological polar surface area (TPSA) is 167 Å². The van der Waals surface area contributed by atoms with E-state index in [1.165, 1.54) is 6.20 Å². The van der Waals surface area contributed by atoms with Gasteiger partial charge in [0.2, 0.25) is 16.0 Å². The second-order valence-corrected chi connectivity index (χ2v) is 22.0. The molecule has 1 amide bonds. The Bertz CT molecular complexity index is 3150. The molecule has 0 radical (unpaired) electrons.